The Hall–Kier alpha value is -1.19. The van der Waals surface area contributed by atoms with Crippen LogP contribution < -0.4 is 5.32 Å². The molecule has 3 heteroatoms. The van der Waals surface area contributed by atoms with E-state index >= 15 is 0 Å². The molecule has 0 radical (unpaired) electrons. The summed E-state index contributed by atoms with van der Waals surface area (Å²) in [7, 11) is 1.85. The summed E-state index contributed by atoms with van der Waals surface area (Å²) in [6, 6.07) is 8.93. The largest absolute Gasteiger partial charge is 0.309 e. The molecule has 2 rings (SSSR count). The second-order valence-electron chi connectivity index (χ2n) is 3.73. The van der Waals surface area contributed by atoms with Crippen LogP contribution >= 0.6 is 11.3 Å². The average molecular weight is 235 g/mol. The van der Waals surface area contributed by atoms with Crippen LogP contribution in [0.2, 0.25) is 0 Å². The minimum absolute atomic E-state index is 0.0638. The van der Waals surface area contributed by atoms with Gasteiger partial charge in [0.1, 0.15) is 5.82 Å². The molecule has 1 atom stereocenters. The lowest BCUT2D eigenvalue weighted by atomic mass is 10.0. The number of nitrogens with one attached hydrogen (secondary N) is 1. The van der Waals surface area contributed by atoms with E-state index in [9.17, 15) is 4.39 Å². The van der Waals surface area contributed by atoms with Crippen molar-refractivity contribution in [3.8, 4) is 0 Å². The maximum atomic E-state index is 13.7. The van der Waals surface area contributed by atoms with Crippen molar-refractivity contribution in [2.24, 2.45) is 0 Å². The van der Waals surface area contributed by atoms with Gasteiger partial charge in [0.05, 0.1) is 6.04 Å². The molecule has 1 unspecified atom stereocenters. The van der Waals surface area contributed by atoms with Crippen molar-refractivity contribution in [3.63, 3.8) is 0 Å². The molecule has 0 aliphatic heterocycles. The number of hydrogen-bond acceptors (Lipinski definition) is 2. The molecular formula is C13H14FNS. The Morgan fingerprint density at radius 1 is 1.31 bits per heavy atom. The van der Waals surface area contributed by atoms with Crippen LogP contribution in [0.15, 0.2) is 35.7 Å². The second-order valence-corrected chi connectivity index (χ2v) is 4.85. The Morgan fingerprint density at radius 2 is 2.06 bits per heavy atom. The quantitative estimate of drug-likeness (QED) is 0.858. The average Bonchev–Trinajstić information content (AvgIpc) is 2.69. The highest BCUT2D eigenvalue weighted by molar-refractivity contribution is 7.10. The Kier molecular flexibility index (Phi) is 3.36. The summed E-state index contributed by atoms with van der Waals surface area (Å²) in [5, 5.41) is 5.23. The first-order valence-corrected chi connectivity index (χ1v) is 6.07. The predicted octanol–water partition coefficient (Wildman–Crippen LogP) is 3.50. The fourth-order valence-electron chi connectivity index (χ4n) is 1.83. The predicted molar refractivity (Wildman–Crippen MR) is 66.4 cm³/mol. The van der Waals surface area contributed by atoms with Crippen molar-refractivity contribution in [3.05, 3.63) is 57.5 Å². The molecule has 0 amide bonds. The van der Waals surface area contributed by atoms with E-state index in [1.165, 1.54) is 10.9 Å². The first-order chi connectivity index (χ1) is 7.72. The second kappa shape index (κ2) is 4.76. The molecule has 1 N–H and O–H groups in total. The topological polar surface area (TPSA) is 12.0 Å². The van der Waals surface area contributed by atoms with Crippen LogP contribution in [0, 0.1) is 12.7 Å². The van der Waals surface area contributed by atoms with Crippen molar-refractivity contribution in [1.29, 1.82) is 0 Å². The molecule has 0 spiro atoms. The number of thiophene rings is 1. The van der Waals surface area contributed by atoms with Gasteiger partial charge >= 0.3 is 0 Å². The molecule has 1 nitrogen and oxygen atoms in total. The van der Waals surface area contributed by atoms with Crippen LogP contribution in [0.4, 0.5) is 4.39 Å². The molecular weight excluding hydrogens is 221 g/mol. The maximum Gasteiger partial charge on any atom is 0.128 e. The van der Waals surface area contributed by atoms with E-state index in [0.29, 0.717) is 5.56 Å². The zero-order chi connectivity index (χ0) is 11.5. The molecule has 0 aliphatic carbocycles. The molecule has 1 aromatic carbocycles. The van der Waals surface area contributed by atoms with Gasteiger partial charge in [-0.05, 0) is 37.0 Å². The molecule has 16 heavy (non-hydrogen) atoms. The van der Waals surface area contributed by atoms with E-state index in [1.807, 2.05) is 19.2 Å². The van der Waals surface area contributed by atoms with Crippen LogP contribution in [0.5, 0.6) is 0 Å². The van der Waals surface area contributed by atoms with E-state index in [2.05, 4.69) is 23.7 Å². The standard InChI is InChI=1S/C13H14FNS/c1-9-7-10(8-16-9)13(15-2)11-5-3-4-6-12(11)14/h3-8,13,15H,1-2H3. The summed E-state index contributed by atoms with van der Waals surface area (Å²) < 4.78 is 13.7. The fourth-order valence-corrected chi connectivity index (χ4v) is 2.56. The van der Waals surface area contributed by atoms with Gasteiger partial charge in [-0.3, -0.25) is 0 Å². The highest BCUT2D eigenvalue weighted by Crippen LogP contribution is 2.27. The minimum atomic E-state index is -0.161. The molecule has 1 heterocycles. The van der Waals surface area contributed by atoms with Gasteiger partial charge in [-0.2, -0.15) is 0 Å². The van der Waals surface area contributed by atoms with Crippen molar-refractivity contribution in [2.75, 3.05) is 7.05 Å². The molecule has 0 bridgehead atoms. The summed E-state index contributed by atoms with van der Waals surface area (Å²) in [5.41, 5.74) is 1.82. The summed E-state index contributed by atoms with van der Waals surface area (Å²) in [6.45, 7) is 2.06. The van der Waals surface area contributed by atoms with Crippen molar-refractivity contribution < 1.29 is 4.39 Å². The van der Waals surface area contributed by atoms with Crippen LogP contribution in [-0.2, 0) is 0 Å². The third kappa shape index (κ3) is 2.15. The third-order valence-electron chi connectivity index (χ3n) is 2.59. The molecule has 0 saturated carbocycles. The molecule has 1 aromatic heterocycles. The lowest BCUT2D eigenvalue weighted by molar-refractivity contribution is 0.577. The summed E-state index contributed by atoms with van der Waals surface area (Å²) in [5.74, 6) is -0.161. The lowest BCUT2D eigenvalue weighted by Gasteiger charge is -2.16. The van der Waals surface area contributed by atoms with E-state index in [-0.39, 0.29) is 11.9 Å². The zero-order valence-corrected chi connectivity index (χ0v) is 10.1. The van der Waals surface area contributed by atoms with Gasteiger partial charge in [0.15, 0.2) is 0 Å². The maximum absolute atomic E-state index is 13.7. The number of hydrogen-bond donors (Lipinski definition) is 1. The van der Waals surface area contributed by atoms with Crippen LogP contribution in [-0.4, -0.2) is 7.05 Å². The van der Waals surface area contributed by atoms with E-state index < -0.39 is 0 Å². The van der Waals surface area contributed by atoms with Gasteiger partial charge in [0, 0.05) is 10.4 Å². The molecule has 84 valence electrons. The Bertz CT molecular complexity index is 478. The summed E-state index contributed by atoms with van der Waals surface area (Å²) in [6.07, 6.45) is 0. The number of aryl methyl sites for hydroxylation is 1. The van der Waals surface area contributed by atoms with Gasteiger partial charge in [0.25, 0.3) is 0 Å². The van der Waals surface area contributed by atoms with E-state index in [1.54, 1.807) is 17.4 Å². The normalized spacial score (nSPS) is 12.7. The Balaban J connectivity index is 2.40. The van der Waals surface area contributed by atoms with Gasteiger partial charge in [-0.1, -0.05) is 18.2 Å². The van der Waals surface area contributed by atoms with Gasteiger partial charge in [-0.25, -0.2) is 4.39 Å². The highest BCUT2D eigenvalue weighted by Gasteiger charge is 2.16. The van der Waals surface area contributed by atoms with Crippen molar-refractivity contribution in [2.45, 2.75) is 13.0 Å². The number of rotatable bonds is 3. The molecule has 0 aliphatic rings. The highest BCUT2D eigenvalue weighted by atomic mass is 32.1. The number of halogens is 1. The van der Waals surface area contributed by atoms with E-state index in [4.69, 9.17) is 0 Å². The zero-order valence-electron chi connectivity index (χ0n) is 9.33. The Morgan fingerprint density at radius 3 is 2.62 bits per heavy atom. The summed E-state index contributed by atoms with van der Waals surface area (Å²) >= 11 is 1.69. The van der Waals surface area contributed by atoms with Crippen molar-refractivity contribution >= 4 is 11.3 Å². The van der Waals surface area contributed by atoms with Crippen LogP contribution in [0.3, 0.4) is 0 Å². The molecule has 2 aromatic rings. The number of benzene rings is 1. The molecule has 0 fully saturated rings. The molecule has 0 saturated heterocycles. The third-order valence-corrected chi connectivity index (χ3v) is 3.47. The monoisotopic (exact) mass is 235 g/mol. The minimum Gasteiger partial charge on any atom is -0.309 e. The fraction of sp³-hybridized carbons (Fsp3) is 0.231. The van der Waals surface area contributed by atoms with Crippen molar-refractivity contribution in [1.82, 2.24) is 5.32 Å². The first kappa shape index (κ1) is 11.3. The van der Waals surface area contributed by atoms with Gasteiger partial charge in [0.2, 0.25) is 0 Å². The lowest BCUT2D eigenvalue weighted by Crippen LogP contribution is -2.18. The first-order valence-electron chi connectivity index (χ1n) is 5.19. The Labute approximate surface area is 98.9 Å². The smallest absolute Gasteiger partial charge is 0.128 e. The SMILES string of the molecule is CNC(c1csc(C)c1)c1ccccc1F. The van der Waals surface area contributed by atoms with Crippen LogP contribution in [0.25, 0.3) is 0 Å². The van der Waals surface area contributed by atoms with Crippen LogP contribution in [0.1, 0.15) is 22.0 Å². The summed E-state index contributed by atoms with van der Waals surface area (Å²) in [4.78, 5) is 1.24. The van der Waals surface area contributed by atoms with E-state index in [0.717, 1.165) is 5.56 Å². The van der Waals surface area contributed by atoms with Gasteiger partial charge < -0.3 is 5.32 Å². The van der Waals surface area contributed by atoms with Gasteiger partial charge in [-0.15, -0.1) is 11.3 Å².